The van der Waals surface area contributed by atoms with Crippen molar-refractivity contribution in [2.75, 3.05) is 38.7 Å². The summed E-state index contributed by atoms with van der Waals surface area (Å²) in [6.07, 6.45) is 1.47. The van der Waals surface area contributed by atoms with Gasteiger partial charge in [0.05, 0.1) is 19.3 Å². The van der Waals surface area contributed by atoms with Crippen LogP contribution in [-0.4, -0.2) is 53.9 Å². The second-order valence-corrected chi connectivity index (χ2v) is 5.26. The van der Waals surface area contributed by atoms with Gasteiger partial charge in [-0.25, -0.2) is 9.18 Å². The molecule has 7 nitrogen and oxygen atoms in total. The van der Waals surface area contributed by atoms with Crippen LogP contribution in [0, 0.1) is 5.82 Å². The number of carbonyl (C=O) groups is 1. The van der Waals surface area contributed by atoms with Gasteiger partial charge in [-0.2, -0.15) is 0 Å². The van der Waals surface area contributed by atoms with Crippen LogP contribution in [0.3, 0.4) is 0 Å². The molecular formula is C14H17FN4O3S. The van der Waals surface area contributed by atoms with Crippen molar-refractivity contribution in [2.24, 2.45) is 0 Å². The lowest BCUT2D eigenvalue weighted by molar-refractivity contribution is 0.145. The monoisotopic (exact) mass is 340 g/mol. The number of carbonyl (C=O) groups excluding carboxylic acids is 1. The third kappa shape index (κ3) is 5.46. The second-order valence-electron chi connectivity index (χ2n) is 4.47. The maximum atomic E-state index is 13.5. The minimum atomic E-state index is -0.434. The van der Waals surface area contributed by atoms with Crippen LogP contribution in [0.4, 0.5) is 14.2 Å². The number of hydrogen-bond acceptors (Lipinski definition) is 6. The number of aromatic nitrogens is 2. The number of rotatable bonds is 8. The summed E-state index contributed by atoms with van der Waals surface area (Å²) in [5.74, 6) is -0.276. The number of hydrogen-bond donors (Lipinski definition) is 1. The fraction of sp³-hybridized carbons (Fsp3) is 0.357. The molecule has 0 spiro atoms. The fourth-order valence-corrected chi connectivity index (χ4v) is 2.16. The number of amides is 2. The van der Waals surface area contributed by atoms with Crippen molar-refractivity contribution in [3.8, 4) is 5.75 Å². The smallest absolute Gasteiger partial charge is 0.322 e. The molecule has 0 atom stereocenters. The first kappa shape index (κ1) is 17.1. The molecule has 0 aliphatic carbocycles. The minimum Gasteiger partial charge on any atom is -0.489 e. The average molecular weight is 340 g/mol. The summed E-state index contributed by atoms with van der Waals surface area (Å²) < 4.78 is 27.5. The molecule has 1 aromatic heterocycles. The van der Waals surface area contributed by atoms with Crippen LogP contribution in [0.5, 0.6) is 5.75 Å². The predicted molar refractivity (Wildman–Crippen MR) is 84.3 cm³/mol. The molecule has 1 aromatic carbocycles. The molecule has 1 heterocycles. The number of halogens is 1. The van der Waals surface area contributed by atoms with Crippen molar-refractivity contribution >= 4 is 22.6 Å². The standard InChI is InChI=1S/C14H17FN4O3S/c1-21-8-6-19(14(20)17-13-10-16-18-23-13)7-9-22-12-5-3-2-4-11(12)15/h2-5,10H,6-9H2,1H3,(H,17,20). The Morgan fingerprint density at radius 2 is 2.13 bits per heavy atom. The van der Waals surface area contributed by atoms with Gasteiger partial charge in [-0.15, -0.1) is 5.10 Å². The molecule has 1 N–H and O–H groups in total. The number of nitrogens with zero attached hydrogens (tertiary/aromatic N) is 3. The molecule has 9 heteroatoms. The van der Waals surface area contributed by atoms with E-state index in [9.17, 15) is 9.18 Å². The molecule has 0 aliphatic rings. The van der Waals surface area contributed by atoms with E-state index in [4.69, 9.17) is 9.47 Å². The highest BCUT2D eigenvalue weighted by atomic mass is 32.1. The van der Waals surface area contributed by atoms with Gasteiger partial charge >= 0.3 is 6.03 Å². The van der Waals surface area contributed by atoms with Crippen molar-refractivity contribution in [1.82, 2.24) is 14.5 Å². The third-order valence-electron chi connectivity index (χ3n) is 2.90. The van der Waals surface area contributed by atoms with Crippen LogP contribution in [0.1, 0.15) is 0 Å². The molecule has 0 aliphatic heterocycles. The van der Waals surface area contributed by atoms with E-state index in [1.165, 1.54) is 23.2 Å². The van der Waals surface area contributed by atoms with Gasteiger partial charge < -0.3 is 14.4 Å². The molecule has 2 aromatic rings. The summed E-state index contributed by atoms with van der Waals surface area (Å²) in [5.41, 5.74) is 0. The molecule has 2 amide bonds. The van der Waals surface area contributed by atoms with Gasteiger partial charge in [0.1, 0.15) is 11.6 Å². The molecule has 0 fully saturated rings. The lowest BCUT2D eigenvalue weighted by atomic mass is 10.3. The Balaban J connectivity index is 1.87. The number of nitrogens with one attached hydrogen (secondary N) is 1. The molecule has 0 saturated carbocycles. The Hall–Kier alpha value is -2.26. The SMILES string of the molecule is COCCN(CCOc1ccccc1F)C(=O)Nc1cnns1. The van der Waals surface area contributed by atoms with Crippen LogP contribution in [0.2, 0.25) is 0 Å². The number of urea groups is 1. The zero-order chi connectivity index (χ0) is 16.5. The summed E-state index contributed by atoms with van der Waals surface area (Å²) in [5, 5.41) is 6.89. The Kier molecular flexibility index (Phi) is 6.70. The van der Waals surface area contributed by atoms with Crippen LogP contribution in [0.15, 0.2) is 30.5 Å². The molecule has 23 heavy (non-hydrogen) atoms. The van der Waals surface area contributed by atoms with Crippen molar-refractivity contribution in [1.29, 1.82) is 0 Å². The van der Waals surface area contributed by atoms with E-state index in [2.05, 4.69) is 14.9 Å². The van der Waals surface area contributed by atoms with Crippen molar-refractivity contribution in [3.05, 3.63) is 36.3 Å². The fourth-order valence-electron chi connectivity index (χ4n) is 1.75. The zero-order valence-corrected chi connectivity index (χ0v) is 13.4. The Labute approximate surface area is 137 Å². The summed E-state index contributed by atoms with van der Waals surface area (Å²) in [4.78, 5) is 13.7. The molecule has 124 valence electrons. The maximum Gasteiger partial charge on any atom is 0.322 e. The lowest BCUT2D eigenvalue weighted by Crippen LogP contribution is -2.39. The molecule has 0 unspecified atom stereocenters. The van der Waals surface area contributed by atoms with E-state index < -0.39 is 5.82 Å². The van der Waals surface area contributed by atoms with Gasteiger partial charge in [0, 0.05) is 25.2 Å². The van der Waals surface area contributed by atoms with E-state index in [1.807, 2.05) is 0 Å². The van der Waals surface area contributed by atoms with Crippen molar-refractivity contribution < 1.29 is 18.7 Å². The van der Waals surface area contributed by atoms with E-state index in [-0.39, 0.29) is 24.9 Å². The lowest BCUT2D eigenvalue weighted by Gasteiger charge is -2.22. The number of methoxy groups -OCH3 is 1. The third-order valence-corrected chi connectivity index (χ3v) is 3.48. The van der Waals surface area contributed by atoms with E-state index in [1.54, 1.807) is 19.2 Å². The summed E-state index contributed by atoms with van der Waals surface area (Å²) in [6, 6.07) is 5.82. The molecule has 0 saturated heterocycles. The summed E-state index contributed by atoms with van der Waals surface area (Å²) in [7, 11) is 1.55. The number of benzene rings is 1. The minimum absolute atomic E-state index is 0.159. The topological polar surface area (TPSA) is 76.6 Å². The number of ether oxygens (including phenoxy) is 2. The first-order chi connectivity index (χ1) is 11.2. The highest BCUT2D eigenvalue weighted by Crippen LogP contribution is 2.15. The Bertz CT molecular complexity index is 612. The molecule has 2 rings (SSSR count). The Morgan fingerprint density at radius 3 is 2.83 bits per heavy atom. The predicted octanol–water partition coefficient (Wildman–Crippen LogP) is 2.24. The quantitative estimate of drug-likeness (QED) is 0.797. The van der Waals surface area contributed by atoms with E-state index >= 15 is 0 Å². The van der Waals surface area contributed by atoms with Crippen LogP contribution in [-0.2, 0) is 4.74 Å². The summed E-state index contributed by atoms with van der Waals surface area (Å²) >= 11 is 1.08. The first-order valence-electron chi connectivity index (χ1n) is 6.90. The number of para-hydroxylation sites is 1. The molecular weight excluding hydrogens is 323 g/mol. The Morgan fingerprint density at radius 1 is 1.35 bits per heavy atom. The highest BCUT2D eigenvalue weighted by Gasteiger charge is 2.15. The maximum absolute atomic E-state index is 13.5. The highest BCUT2D eigenvalue weighted by molar-refractivity contribution is 7.10. The number of anilines is 1. The molecule has 0 radical (unpaired) electrons. The van der Waals surface area contributed by atoms with Crippen LogP contribution >= 0.6 is 11.5 Å². The van der Waals surface area contributed by atoms with Gasteiger partial charge in [-0.1, -0.05) is 16.6 Å². The van der Waals surface area contributed by atoms with E-state index in [0.29, 0.717) is 18.2 Å². The zero-order valence-electron chi connectivity index (χ0n) is 12.6. The molecule has 0 bridgehead atoms. The van der Waals surface area contributed by atoms with Crippen molar-refractivity contribution in [3.63, 3.8) is 0 Å². The van der Waals surface area contributed by atoms with Gasteiger partial charge in [-0.3, -0.25) is 5.32 Å². The van der Waals surface area contributed by atoms with Crippen LogP contribution < -0.4 is 10.1 Å². The van der Waals surface area contributed by atoms with Gasteiger partial charge in [-0.05, 0) is 12.1 Å². The normalized spacial score (nSPS) is 10.3. The van der Waals surface area contributed by atoms with E-state index in [0.717, 1.165) is 11.5 Å². The first-order valence-corrected chi connectivity index (χ1v) is 7.67. The van der Waals surface area contributed by atoms with Gasteiger partial charge in [0.25, 0.3) is 0 Å². The largest absolute Gasteiger partial charge is 0.489 e. The summed E-state index contributed by atoms with van der Waals surface area (Å²) in [6.45, 7) is 1.22. The van der Waals surface area contributed by atoms with Crippen LogP contribution in [0.25, 0.3) is 0 Å². The second kappa shape index (κ2) is 9.01. The average Bonchev–Trinajstić information content (AvgIpc) is 3.05. The van der Waals surface area contributed by atoms with Gasteiger partial charge in [0.2, 0.25) is 0 Å². The van der Waals surface area contributed by atoms with Gasteiger partial charge in [0.15, 0.2) is 11.6 Å². The van der Waals surface area contributed by atoms with Crippen molar-refractivity contribution in [2.45, 2.75) is 0 Å².